The molecule has 0 saturated carbocycles. The van der Waals surface area contributed by atoms with Crippen LogP contribution in [0.2, 0.25) is 0 Å². The number of esters is 1. The summed E-state index contributed by atoms with van der Waals surface area (Å²) in [5, 5.41) is 4.02. The second-order valence-electron chi connectivity index (χ2n) is 2.55. The molecule has 5 nitrogen and oxygen atoms in total. The standard InChI is InChI=1S/C8H6BrN3O2/c1-14-8(13)6-7-5(9)4-11-12(7)3-2-10-6/h2-4H,1H3. The van der Waals surface area contributed by atoms with Crippen LogP contribution in [-0.2, 0) is 4.74 Å². The second-order valence-corrected chi connectivity index (χ2v) is 3.41. The van der Waals surface area contributed by atoms with E-state index in [0.29, 0.717) is 9.99 Å². The fourth-order valence-corrected chi connectivity index (χ4v) is 1.62. The van der Waals surface area contributed by atoms with Crippen LogP contribution in [0.4, 0.5) is 0 Å². The van der Waals surface area contributed by atoms with Gasteiger partial charge in [0.15, 0.2) is 5.69 Å². The van der Waals surface area contributed by atoms with Crippen LogP contribution in [-0.4, -0.2) is 27.7 Å². The number of carbonyl (C=O) groups excluding carboxylic acids is 1. The molecule has 0 saturated heterocycles. The number of hydrogen-bond acceptors (Lipinski definition) is 4. The van der Waals surface area contributed by atoms with E-state index in [-0.39, 0.29) is 5.69 Å². The maximum absolute atomic E-state index is 11.3. The fourth-order valence-electron chi connectivity index (χ4n) is 1.15. The van der Waals surface area contributed by atoms with Gasteiger partial charge in [-0.25, -0.2) is 14.3 Å². The number of fused-ring (bicyclic) bond motifs is 1. The van der Waals surface area contributed by atoms with Crippen LogP contribution in [0.3, 0.4) is 0 Å². The molecule has 0 unspecified atom stereocenters. The van der Waals surface area contributed by atoms with Crippen LogP contribution in [0.1, 0.15) is 10.5 Å². The molecule has 0 atom stereocenters. The first-order valence-electron chi connectivity index (χ1n) is 3.80. The van der Waals surface area contributed by atoms with Crippen LogP contribution < -0.4 is 0 Å². The van der Waals surface area contributed by atoms with Gasteiger partial charge in [-0.2, -0.15) is 5.10 Å². The first-order valence-corrected chi connectivity index (χ1v) is 4.59. The maximum Gasteiger partial charge on any atom is 0.358 e. The highest BCUT2D eigenvalue weighted by Crippen LogP contribution is 2.19. The lowest BCUT2D eigenvalue weighted by Crippen LogP contribution is -2.06. The summed E-state index contributed by atoms with van der Waals surface area (Å²) in [4.78, 5) is 15.3. The number of ether oxygens (including phenoxy) is 1. The van der Waals surface area contributed by atoms with Crippen molar-refractivity contribution in [1.82, 2.24) is 14.6 Å². The SMILES string of the molecule is COC(=O)c1nccn2ncc(Br)c12. The number of aromatic nitrogens is 3. The molecule has 2 aromatic heterocycles. The summed E-state index contributed by atoms with van der Waals surface area (Å²) < 4.78 is 6.88. The lowest BCUT2D eigenvalue weighted by molar-refractivity contribution is 0.0596. The molecule has 0 amide bonds. The predicted molar refractivity (Wildman–Crippen MR) is 52.0 cm³/mol. The van der Waals surface area contributed by atoms with Crippen molar-refractivity contribution in [3.05, 3.63) is 28.8 Å². The van der Waals surface area contributed by atoms with E-state index < -0.39 is 5.97 Å². The summed E-state index contributed by atoms with van der Waals surface area (Å²) in [5.41, 5.74) is 0.860. The monoisotopic (exact) mass is 255 g/mol. The Kier molecular flexibility index (Phi) is 2.20. The minimum absolute atomic E-state index is 0.249. The molecule has 0 spiro atoms. The third-order valence-electron chi connectivity index (χ3n) is 1.77. The highest BCUT2D eigenvalue weighted by molar-refractivity contribution is 9.10. The molecule has 2 rings (SSSR count). The largest absolute Gasteiger partial charge is 0.464 e. The molecule has 0 aliphatic heterocycles. The Morgan fingerprint density at radius 1 is 1.64 bits per heavy atom. The van der Waals surface area contributed by atoms with Gasteiger partial charge in [0.1, 0.15) is 5.52 Å². The van der Waals surface area contributed by atoms with Gasteiger partial charge in [-0.1, -0.05) is 0 Å². The molecule has 6 heteroatoms. The minimum atomic E-state index is -0.475. The van der Waals surface area contributed by atoms with Crippen LogP contribution in [0, 0.1) is 0 Å². The van der Waals surface area contributed by atoms with E-state index in [2.05, 4.69) is 30.7 Å². The van der Waals surface area contributed by atoms with Crippen molar-refractivity contribution >= 4 is 27.4 Å². The van der Waals surface area contributed by atoms with Crippen molar-refractivity contribution in [3.8, 4) is 0 Å². The van der Waals surface area contributed by atoms with Gasteiger partial charge in [-0.3, -0.25) is 0 Å². The van der Waals surface area contributed by atoms with Gasteiger partial charge in [0, 0.05) is 12.4 Å². The van der Waals surface area contributed by atoms with E-state index >= 15 is 0 Å². The molecule has 14 heavy (non-hydrogen) atoms. The number of carbonyl (C=O) groups is 1. The van der Waals surface area contributed by atoms with Gasteiger partial charge in [-0.15, -0.1) is 0 Å². The van der Waals surface area contributed by atoms with Gasteiger partial charge in [0.05, 0.1) is 17.8 Å². The van der Waals surface area contributed by atoms with Gasteiger partial charge in [0.25, 0.3) is 0 Å². The molecule has 0 aliphatic rings. The molecular weight excluding hydrogens is 250 g/mol. The van der Waals surface area contributed by atoms with Crippen LogP contribution in [0.15, 0.2) is 23.1 Å². The first-order chi connectivity index (χ1) is 6.74. The van der Waals surface area contributed by atoms with Gasteiger partial charge >= 0.3 is 5.97 Å². The molecule has 2 heterocycles. The van der Waals surface area contributed by atoms with Crippen LogP contribution >= 0.6 is 15.9 Å². The predicted octanol–water partition coefficient (Wildman–Crippen LogP) is 1.28. The molecule has 0 bridgehead atoms. The van der Waals surface area contributed by atoms with Crippen molar-refractivity contribution in [2.45, 2.75) is 0 Å². The third-order valence-corrected chi connectivity index (χ3v) is 2.35. The van der Waals surface area contributed by atoms with E-state index in [4.69, 9.17) is 0 Å². The van der Waals surface area contributed by atoms with Gasteiger partial charge in [0.2, 0.25) is 0 Å². The smallest absolute Gasteiger partial charge is 0.358 e. The van der Waals surface area contributed by atoms with E-state index in [1.807, 2.05) is 0 Å². The Morgan fingerprint density at radius 3 is 3.14 bits per heavy atom. The Morgan fingerprint density at radius 2 is 2.43 bits per heavy atom. The van der Waals surface area contributed by atoms with Crippen molar-refractivity contribution in [1.29, 1.82) is 0 Å². The molecule has 72 valence electrons. The van der Waals surface area contributed by atoms with Gasteiger partial charge < -0.3 is 4.74 Å². The number of methoxy groups -OCH3 is 1. The average Bonchev–Trinajstić information content (AvgIpc) is 2.59. The van der Waals surface area contributed by atoms with E-state index in [0.717, 1.165) is 0 Å². The molecule has 0 aromatic carbocycles. The summed E-state index contributed by atoms with van der Waals surface area (Å²) in [7, 11) is 1.32. The molecule has 0 fully saturated rings. The fraction of sp³-hybridized carbons (Fsp3) is 0.125. The number of hydrogen-bond donors (Lipinski definition) is 0. The molecular formula is C8H6BrN3O2. The first kappa shape index (κ1) is 9.14. The summed E-state index contributed by atoms with van der Waals surface area (Å²) in [5.74, 6) is -0.475. The Hall–Kier alpha value is -1.43. The lowest BCUT2D eigenvalue weighted by Gasteiger charge is -2.00. The number of halogens is 1. The maximum atomic E-state index is 11.3. The van der Waals surface area contributed by atoms with Crippen molar-refractivity contribution in [2.75, 3.05) is 7.11 Å². The molecule has 0 aliphatic carbocycles. The minimum Gasteiger partial charge on any atom is -0.464 e. The number of nitrogens with zero attached hydrogens (tertiary/aromatic N) is 3. The summed E-state index contributed by atoms with van der Waals surface area (Å²) in [6, 6.07) is 0. The van der Waals surface area contributed by atoms with E-state index in [1.54, 1.807) is 16.9 Å². The van der Waals surface area contributed by atoms with Crippen molar-refractivity contribution in [2.24, 2.45) is 0 Å². The highest BCUT2D eigenvalue weighted by atomic mass is 79.9. The van der Waals surface area contributed by atoms with Gasteiger partial charge in [-0.05, 0) is 15.9 Å². The zero-order valence-corrected chi connectivity index (χ0v) is 8.85. The quantitative estimate of drug-likeness (QED) is 0.721. The van der Waals surface area contributed by atoms with E-state index in [1.165, 1.54) is 13.3 Å². The Balaban J connectivity index is 2.75. The van der Waals surface area contributed by atoms with Crippen molar-refractivity contribution in [3.63, 3.8) is 0 Å². The third kappa shape index (κ3) is 1.27. The lowest BCUT2D eigenvalue weighted by atomic mass is 10.3. The highest BCUT2D eigenvalue weighted by Gasteiger charge is 2.15. The van der Waals surface area contributed by atoms with Crippen molar-refractivity contribution < 1.29 is 9.53 Å². The Labute approximate surface area is 87.8 Å². The Bertz CT molecular complexity index is 494. The zero-order chi connectivity index (χ0) is 10.1. The summed E-state index contributed by atoms with van der Waals surface area (Å²) in [6.07, 6.45) is 4.76. The number of rotatable bonds is 1. The molecule has 2 aromatic rings. The molecule has 0 N–H and O–H groups in total. The second kappa shape index (κ2) is 3.38. The molecule has 0 radical (unpaired) electrons. The normalized spacial score (nSPS) is 10.4. The average molecular weight is 256 g/mol. The topological polar surface area (TPSA) is 56.5 Å². The van der Waals surface area contributed by atoms with Crippen LogP contribution in [0.5, 0.6) is 0 Å². The summed E-state index contributed by atoms with van der Waals surface area (Å²) >= 11 is 3.28. The zero-order valence-electron chi connectivity index (χ0n) is 7.27. The summed E-state index contributed by atoms with van der Waals surface area (Å²) in [6.45, 7) is 0. The van der Waals surface area contributed by atoms with Crippen LogP contribution in [0.25, 0.3) is 5.52 Å². The van der Waals surface area contributed by atoms with E-state index in [9.17, 15) is 4.79 Å².